The fourth-order valence-corrected chi connectivity index (χ4v) is 2.90. The number of hydrogen-bond acceptors (Lipinski definition) is 3. The Labute approximate surface area is 172 Å². The van der Waals surface area contributed by atoms with Crippen molar-refractivity contribution in [1.82, 2.24) is 0 Å². The predicted octanol–water partition coefficient (Wildman–Crippen LogP) is 5.57. The van der Waals surface area contributed by atoms with E-state index < -0.39 is 5.91 Å². The molecule has 1 amide bonds. The Hall–Kier alpha value is -3.36. The van der Waals surface area contributed by atoms with Crippen LogP contribution in [0.4, 0.5) is 5.69 Å². The number of anilines is 1. The van der Waals surface area contributed by atoms with Crippen molar-refractivity contribution in [1.29, 1.82) is 5.26 Å². The number of ether oxygens (including phenoxy) is 1. The number of nitrogens with one attached hydrogen (secondary N) is 1. The molecular formula is C23H17BrN2O2. The summed E-state index contributed by atoms with van der Waals surface area (Å²) in [4.78, 5) is 12.5. The Bertz CT molecular complexity index is 1030. The van der Waals surface area contributed by atoms with E-state index in [2.05, 4.69) is 21.2 Å². The lowest BCUT2D eigenvalue weighted by Crippen LogP contribution is -2.13. The van der Waals surface area contributed by atoms with Gasteiger partial charge in [0, 0.05) is 15.7 Å². The lowest BCUT2D eigenvalue weighted by molar-refractivity contribution is -0.112. The second kappa shape index (κ2) is 9.54. The van der Waals surface area contributed by atoms with Gasteiger partial charge in [-0.25, -0.2) is 0 Å². The third kappa shape index (κ3) is 5.32. The van der Waals surface area contributed by atoms with Crippen molar-refractivity contribution in [3.63, 3.8) is 0 Å². The minimum absolute atomic E-state index is 0.00786. The highest BCUT2D eigenvalue weighted by Crippen LogP contribution is 2.26. The number of rotatable bonds is 6. The number of carbonyl (C=O) groups excluding carboxylic acids is 1. The number of hydrogen-bond donors (Lipinski definition) is 1. The summed E-state index contributed by atoms with van der Waals surface area (Å²) in [7, 11) is 0. The summed E-state index contributed by atoms with van der Waals surface area (Å²) in [5.74, 6) is 0.120. The molecule has 5 heteroatoms. The van der Waals surface area contributed by atoms with Crippen molar-refractivity contribution in [2.24, 2.45) is 0 Å². The first-order valence-electron chi connectivity index (χ1n) is 8.60. The van der Waals surface area contributed by atoms with Crippen molar-refractivity contribution in [2.45, 2.75) is 6.61 Å². The molecule has 0 bridgehead atoms. The normalized spacial score (nSPS) is 10.8. The maximum atomic E-state index is 12.5. The molecule has 0 aromatic heterocycles. The Morgan fingerprint density at radius 1 is 1.04 bits per heavy atom. The maximum absolute atomic E-state index is 12.5. The molecule has 0 unspecified atom stereocenters. The summed E-state index contributed by atoms with van der Waals surface area (Å²) in [6.07, 6.45) is 1.53. The summed E-state index contributed by atoms with van der Waals surface area (Å²) in [5.41, 5.74) is 2.29. The number of benzene rings is 3. The molecule has 0 aliphatic rings. The van der Waals surface area contributed by atoms with Gasteiger partial charge in [-0.2, -0.15) is 5.26 Å². The van der Waals surface area contributed by atoms with Crippen LogP contribution in [0.15, 0.2) is 88.9 Å². The van der Waals surface area contributed by atoms with Gasteiger partial charge < -0.3 is 10.1 Å². The average molecular weight is 433 g/mol. The van der Waals surface area contributed by atoms with E-state index in [4.69, 9.17) is 4.74 Å². The molecular weight excluding hydrogens is 416 g/mol. The second-order valence-electron chi connectivity index (χ2n) is 5.95. The van der Waals surface area contributed by atoms with Crippen LogP contribution >= 0.6 is 15.9 Å². The van der Waals surface area contributed by atoms with Crippen LogP contribution in [0.2, 0.25) is 0 Å². The second-order valence-corrected chi connectivity index (χ2v) is 6.86. The molecule has 0 heterocycles. The van der Waals surface area contributed by atoms with Crippen LogP contribution in [0, 0.1) is 11.3 Å². The first-order chi connectivity index (χ1) is 13.7. The summed E-state index contributed by atoms with van der Waals surface area (Å²) in [6, 6.07) is 26.2. The number of nitrogens with zero attached hydrogens (tertiary/aromatic N) is 1. The molecule has 1 N–H and O–H groups in total. The molecule has 28 heavy (non-hydrogen) atoms. The van der Waals surface area contributed by atoms with Gasteiger partial charge in [0.1, 0.15) is 24.0 Å². The highest BCUT2D eigenvalue weighted by atomic mass is 79.9. The van der Waals surface area contributed by atoms with Gasteiger partial charge in [0.15, 0.2) is 0 Å². The molecule has 0 spiro atoms. The molecule has 4 nitrogen and oxygen atoms in total. The van der Waals surface area contributed by atoms with E-state index in [-0.39, 0.29) is 5.57 Å². The third-order valence-corrected chi connectivity index (χ3v) is 4.40. The van der Waals surface area contributed by atoms with Crippen molar-refractivity contribution >= 4 is 33.6 Å². The topological polar surface area (TPSA) is 62.1 Å². The standard InChI is InChI=1S/C23H17BrN2O2/c24-20-11-12-22(28-16-17-7-3-1-4-8-17)18(14-20)13-19(15-25)23(27)26-21-9-5-2-6-10-21/h1-14H,16H2,(H,26,27)/b19-13+. The largest absolute Gasteiger partial charge is 0.488 e. The van der Waals surface area contributed by atoms with Gasteiger partial charge in [0.2, 0.25) is 0 Å². The Kier molecular flexibility index (Phi) is 6.61. The first kappa shape index (κ1) is 19.4. The zero-order chi connectivity index (χ0) is 19.8. The van der Waals surface area contributed by atoms with E-state index in [1.54, 1.807) is 12.1 Å². The van der Waals surface area contributed by atoms with Gasteiger partial charge in [0.05, 0.1) is 0 Å². The fraction of sp³-hybridized carbons (Fsp3) is 0.0435. The van der Waals surface area contributed by atoms with Crippen LogP contribution in [0.3, 0.4) is 0 Å². The van der Waals surface area contributed by atoms with E-state index in [9.17, 15) is 10.1 Å². The molecule has 0 fully saturated rings. The lowest BCUT2D eigenvalue weighted by Gasteiger charge is -2.11. The molecule has 0 aliphatic carbocycles. The van der Waals surface area contributed by atoms with E-state index in [1.807, 2.05) is 72.8 Å². The van der Waals surface area contributed by atoms with Gasteiger partial charge in [-0.3, -0.25) is 4.79 Å². The van der Waals surface area contributed by atoms with E-state index >= 15 is 0 Å². The SMILES string of the molecule is N#C/C(=C\c1cc(Br)ccc1OCc1ccccc1)C(=O)Nc1ccccc1. The van der Waals surface area contributed by atoms with Crippen LogP contribution in [-0.2, 0) is 11.4 Å². The molecule has 0 aliphatic heterocycles. The number of halogens is 1. The van der Waals surface area contributed by atoms with E-state index in [0.717, 1.165) is 10.0 Å². The average Bonchev–Trinajstić information content (AvgIpc) is 2.72. The molecule has 0 radical (unpaired) electrons. The van der Waals surface area contributed by atoms with Crippen LogP contribution in [0.25, 0.3) is 6.08 Å². The molecule has 3 rings (SSSR count). The van der Waals surface area contributed by atoms with Crippen molar-refractivity contribution in [3.8, 4) is 11.8 Å². The summed E-state index contributed by atoms with van der Waals surface area (Å²) in [6.45, 7) is 0.390. The number of para-hydroxylation sites is 1. The molecule has 3 aromatic carbocycles. The van der Waals surface area contributed by atoms with Crippen LogP contribution < -0.4 is 10.1 Å². The first-order valence-corrected chi connectivity index (χ1v) is 9.39. The Morgan fingerprint density at radius 2 is 1.71 bits per heavy atom. The fourth-order valence-electron chi connectivity index (χ4n) is 2.52. The molecule has 0 saturated carbocycles. The number of carbonyl (C=O) groups is 1. The maximum Gasteiger partial charge on any atom is 0.266 e. The number of nitriles is 1. The Balaban J connectivity index is 1.83. The Morgan fingerprint density at radius 3 is 2.39 bits per heavy atom. The molecule has 0 atom stereocenters. The van der Waals surface area contributed by atoms with Gasteiger partial charge in [-0.15, -0.1) is 0 Å². The van der Waals surface area contributed by atoms with Gasteiger partial charge >= 0.3 is 0 Å². The van der Waals surface area contributed by atoms with Crippen molar-refractivity contribution in [3.05, 3.63) is 100 Å². The molecule has 3 aromatic rings. The van der Waals surface area contributed by atoms with E-state index in [1.165, 1.54) is 6.08 Å². The van der Waals surface area contributed by atoms with Crippen LogP contribution in [0.1, 0.15) is 11.1 Å². The zero-order valence-corrected chi connectivity index (χ0v) is 16.5. The third-order valence-electron chi connectivity index (χ3n) is 3.91. The van der Waals surface area contributed by atoms with Crippen molar-refractivity contribution in [2.75, 3.05) is 5.32 Å². The zero-order valence-electron chi connectivity index (χ0n) is 14.9. The van der Waals surface area contributed by atoms with Gasteiger partial charge in [-0.1, -0.05) is 64.5 Å². The molecule has 138 valence electrons. The number of amides is 1. The summed E-state index contributed by atoms with van der Waals surface area (Å²) < 4.78 is 6.74. The summed E-state index contributed by atoms with van der Waals surface area (Å²) >= 11 is 3.43. The minimum Gasteiger partial charge on any atom is -0.488 e. The van der Waals surface area contributed by atoms with Crippen LogP contribution in [0.5, 0.6) is 5.75 Å². The van der Waals surface area contributed by atoms with Crippen molar-refractivity contribution < 1.29 is 9.53 Å². The lowest BCUT2D eigenvalue weighted by atomic mass is 10.1. The van der Waals surface area contributed by atoms with Gasteiger partial charge in [0.25, 0.3) is 5.91 Å². The smallest absolute Gasteiger partial charge is 0.266 e. The van der Waals surface area contributed by atoms with Crippen LogP contribution in [-0.4, -0.2) is 5.91 Å². The summed E-state index contributed by atoms with van der Waals surface area (Å²) in [5, 5.41) is 12.2. The monoisotopic (exact) mass is 432 g/mol. The quantitative estimate of drug-likeness (QED) is 0.408. The highest BCUT2D eigenvalue weighted by Gasteiger charge is 2.12. The van der Waals surface area contributed by atoms with Gasteiger partial charge in [-0.05, 0) is 42.0 Å². The van der Waals surface area contributed by atoms with E-state index in [0.29, 0.717) is 23.6 Å². The highest BCUT2D eigenvalue weighted by molar-refractivity contribution is 9.10. The minimum atomic E-state index is -0.470. The predicted molar refractivity (Wildman–Crippen MR) is 114 cm³/mol. The molecule has 0 saturated heterocycles.